The van der Waals surface area contributed by atoms with E-state index in [0.717, 1.165) is 12.1 Å². The monoisotopic (exact) mass is 287 g/mol. The van der Waals surface area contributed by atoms with Crippen LogP contribution in [0.3, 0.4) is 0 Å². The van der Waals surface area contributed by atoms with Gasteiger partial charge in [0.2, 0.25) is 0 Å². The Hall–Kier alpha value is -2.74. The molecule has 1 N–H and O–H groups in total. The molecule has 0 amide bonds. The highest BCUT2D eigenvalue weighted by molar-refractivity contribution is 6.09. The van der Waals surface area contributed by atoms with Crippen molar-refractivity contribution in [1.29, 1.82) is 0 Å². The largest absolute Gasteiger partial charge is 0.508 e. The summed E-state index contributed by atoms with van der Waals surface area (Å²) in [7, 11) is 0. The van der Waals surface area contributed by atoms with Gasteiger partial charge in [-0.1, -0.05) is 36.4 Å². The molecular weight excluding hydrogens is 270 g/mol. The Bertz CT molecular complexity index is 964. The van der Waals surface area contributed by atoms with E-state index in [1.165, 1.54) is 27.4 Å². The third kappa shape index (κ3) is 1.88. The van der Waals surface area contributed by atoms with E-state index in [0.29, 0.717) is 5.75 Å². The third-order valence-corrected chi connectivity index (χ3v) is 4.29. The van der Waals surface area contributed by atoms with Crippen LogP contribution < -0.4 is 0 Å². The summed E-state index contributed by atoms with van der Waals surface area (Å²) in [6.45, 7) is 3.14. The Morgan fingerprint density at radius 1 is 0.773 bits per heavy atom. The highest BCUT2D eigenvalue weighted by Gasteiger charge is 2.10. The van der Waals surface area contributed by atoms with Gasteiger partial charge in [0, 0.05) is 28.4 Å². The predicted octanol–water partition coefficient (Wildman–Crippen LogP) is 5.19. The fourth-order valence-electron chi connectivity index (χ4n) is 3.23. The minimum Gasteiger partial charge on any atom is -0.508 e. The van der Waals surface area contributed by atoms with E-state index in [1.54, 1.807) is 12.1 Å². The van der Waals surface area contributed by atoms with Crippen LogP contribution in [0.2, 0.25) is 0 Å². The van der Waals surface area contributed by atoms with E-state index >= 15 is 0 Å². The Morgan fingerprint density at radius 2 is 1.45 bits per heavy atom. The summed E-state index contributed by atoms with van der Waals surface area (Å²) in [6, 6.07) is 22.5. The van der Waals surface area contributed by atoms with Gasteiger partial charge in [0.15, 0.2) is 0 Å². The van der Waals surface area contributed by atoms with Gasteiger partial charge in [-0.15, -0.1) is 0 Å². The van der Waals surface area contributed by atoms with Gasteiger partial charge >= 0.3 is 0 Å². The maximum atomic E-state index is 9.45. The molecule has 0 fully saturated rings. The standard InChI is InChI=1S/C20H17NO/c1-2-21-19-6-4-3-5-17(19)18-13-15(9-12-20(18)21)14-7-10-16(22)11-8-14/h3-13,22H,2H2,1H3. The fraction of sp³-hybridized carbons (Fsp3) is 0.100. The van der Waals surface area contributed by atoms with E-state index in [1.807, 2.05) is 12.1 Å². The van der Waals surface area contributed by atoms with Gasteiger partial charge in [-0.25, -0.2) is 0 Å². The average Bonchev–Trinajstić information content (AvgIpc) is 2.88. The summed E-state index contributed by atoms with van der Waals surface area (Å²) in [5.74, 6) is 0.299. The zero-order chi connectivity index (χ0) is 15.1. The number of aryl methyl sites for hydroxylation is 1. The van der Waals surface area contributed by atoms with Crippen LogP contribution in [-0.2, 0) is 6.54 Å². The molecule has 0 atom stereocenters. The topological polar surface area (TPSA) is 25.2 Å². The maximum Gasteiger partial charge on any atom is 0.115 e. The Labute approximate surface area is 129 Å². The van der Waals surface area contributed by atoms with Crippen molar-refractivity contribution in [3.8, 4) is 16.9 Å². The first kappa shape index (κ1) is 13.0. The molecule has 0 radical (unpaired) electrons. The Kier molecular flexibility index (Phi) is 2.90. The fourth-order valence-corrected chi connectivity index (χ4v) is 3.23. The number of para-hydroxylation sites is 1. The van der Waals surface area contributed by atoms with Crippen molar-refractivity contribution < 1.29 is 5.11 Å². The molecule has 108 valence electrons. The SMILES string of the molecule is CCn1c2ccccc2c2cc(-c3ccc(O)cc3)ccc21. The number of phenols is 1. The van der Waals surface area contributed by atoms with E-state index in [9.17, 15) is 5.11 Å². The van der Waals surface area contributed by atoms with Crippen LogP contribution in [0.1, 0.15) is 6.92 Å². The predicted molar refractivity (Wildman–Crippen MR) is 92.2 cm³/mol. The molecule has 0 unspecified atom stereocenters. The van der Waals surface area contributed by atoms with Gasteiger partial charge in [-0.2, -0.15) is 0 Å². The van der Waals surface area contributed by atoms with Crippen molar-refractivity contribution in [2.75, 3.05) is 0 Å². The van der Waals surface area contributed by atoms with Gasteiger partial charge in [0.1, 0.15) is 5.75 Å². The van der Waals surface area contributed by atoms with Gasteiger partial charge in [0.25, 0.3) is 0 Å². The van der Waals surface area contributed by atoms with Crippen molar-refractivity contribution in [1.82, 2.24) is 4.57 Å². The molecule has 4 aromatic rings. The second kappa shape index (κ2) is 4.92. The summed E-state index contributed by atoms with van der Waals surface area (Å²) < 4.78 is 2.35. The zero-order valence-electron chi connectivity index (χ0n) is 12.5. The Morgan fingerprint density at radius 3 is 2.23 bits per heavy atom. The lowest BCUT2D eigenvalue weighted by Gasteiger charge is -2.05. The minimum absolute atomic E-state index is 0.299. The first-order valence-corrected chi connectivity index (χ1v) is 7.58. The summed E-state index contributed by atoms with van der Waals surface area (Å²) >= 11 is 0. The van der Waals surface area contributed by atoms with E-state index < -0.39 is 0 Å². The number of hydrogen-bond acceptors (Lipinski definition) is 1. The summed E-state index contributed by atoms with van der Waals surface area (Å²) in [5, 5.41) is 12.0. The lowest BCUT2D eigenvalue weighted by molar-refractivity contribution is 0.475. The number of phenolic OH excluding ortho intramolecular Hbond substituents is 1. The normalized spacial score (nSPS) is 11.3. The van der Waals surface area contributed by atoms with Crippen LogP contribution in [-0.4, -0.2) is 9.67 Å². The van der Waals surface area contributed by atoms with Crippen molar-refractivity contribution in [2.45, 2.75) is 13.5 Å². The number of nitrogens with zero attached hydrogens (tertiary/aromatic N) is 1. The lowest BCUT2D eigenvalue weighted by atomic mass is 10.0. The molecule has 0 aliphatic rings. The molecule has 0 aliphatic carbocycles. The molecule has 0 saturated carbocycles. The number of hydrogen-bond donors (Lipinski definition) is 1. The van der Waals surface area contributed by atoms with Gasteiger partial charge in [-0.3, -0.25) is 0 Å². The van der Waals surface area contributed by atoms with Crippen molar-refractivity contribution in [2.24, 2.45) is 0 Å². The number of benzene rings is 3. The molecule has 1 heterocycles. The summed E-state index contributed by atoms with van der Waals surface area (Å²) in [6.07, 6.45) is 0. The molecule has 0 spiro atoms. The van der Waals surface area contributed by atoms with E-state index in [4.69, 9.17) is 0 Å². The third-order valence-electron chi connectivity index (χ3n) is 4.29. The second-order valence-corrected chi connectivity index (χ2v) is 5.54. The first-order chi connectivity index (χ1) is 10.8. The van der Waals surface area contributed by atoms with E-state index in [2.05, 4.69) is 54.0 Å². The molecule has 1 aromatic heterocycles. The number of fused-ring (bicyclic) bond motifs is 3. The van der Waals surface area contributed by atoms with Crippen molar-refractivity contribution in [3.05, 3.63) is 66.7 Å². The smallest absolute Gasteiger partial charge is 0.115 e. The van der Waals surface area contributed by atoms with Crippen LogP contribution in [0.5, 0.6) is 5.75 Å². The van der Waals surface area contributed by atoms with Crippen molar-refractivity contribution >= 4 is 21.8 Å². The molecule has 2 nitrogen and oxygen atoms in total. The molecule has 0 saturated heterocycles. The van der Waals surface area contributed by atoms with Crippen LogP contribution in [0.4, 0.5) is 0 Å². The van der Waals surface area contributed by atoms with Gasteiger partial charge in [-0.05, 0) is 48.4 Å². The molecular formula is C20H17NO. The first-order valence-electron chi connectivity index (χ1n) is 7.58. The summed E-state index contributed by atoms with van der Waals surface area (Å²) in [5.41, 5.74) is 4.84. The summed E-state index contributed by atoms with van der Waals surface area (Å²) in [4.78, 5) is 0. The quantitative estimate of drug-likeness (QED) is 0.539. The second-order valence-electron chi connectivity index (χ2n) is 5.54. The number of aromatic hydroxyl groups is 1. The Balaban J connectivity index is 2.01. The van der Waals surface area contributed by atoms with Crippen LogP contribution in [0, 0.1) is 0 Å². The molecule has 3 aromatic carbocycles. The van der Waals surface area contributed by atoms with Gasteiger partial charge < -0.3 is 9.67 Å². The highest BCUT2D eigenvalue weighted by atomic mass is 16.3. The van der Waals surface area contributed by atoms with Gasteiger partial charge in [0.05, 0.1) is 0 Å². The molecule has 4 rings (SSSR count). The van der Waals surface area contributed by atoms with E-state index in [-0.39, 0.29) is 0 Å². The minimum atomic E-state index is 0.299. The molecule has 0 aliphatic heterocycles. The number of rotatable bonds is 2. The van der Waals surface area contributed by atoms with Crippen molar-refractivity contribution in [3.63, 3.8) is 0 Å². The average molecular weight is 287 g/mol. The zero-order valence-corrected chi connectivity index (χ0v) is 12.5. The van der Waals surface area contributed by atoms with Crippen LogP contribution in [0.15, 0.2) is 66.7 Å². The highest BCUT2D eigenvalue weighted by Crippen LogP contribution is 2.32. The molecule has 22 heavy (non-hydrogen) atoms. The maximum absolute atomic E-state index is 9.45. The van der Waals surface area contributed by atoms with Crippen LogP contribution in [0.25, 0.3) is 32.9 Å². The van der Waals surface area contributed by atoms with Crippen LogP contribution >= 0.6 is 0 Å². The lowest BCUT2D eigenvalue weighted by Crippen LogP contribution is -1.92. The molecule has 0 bridgehead atoms. The number of aromatic nitrogens is 1. The molecule has 2 heteroatoms.